The van der Waals surface area contributed by atoms with E-state index in [1.54, 1.807) is 0 Å². The minimum atomic E-state index is -2.58. The molecule has 0 bridgehead atoms. The molecule has 9 heterocycles. The highest BCUT2D eigenvalue weighted by Gasteiger charge is 2.60. The summed E-state index contributed by atoms with van der Waals surface area (Å²) in [6.07, 6.45) is -81.5. The Morgan fingerprint density at radius 2 is 0.553 bits per heavy atom. The highest BCUT2D eigenvalue weighted by Crippen LogP contribution is 2.39. The first kappa shape index (κ1) is 93.6. The van der Waals surface area contributed by atoms with E-state index in [1.807, 2.05) is 0 Å². The molecule has 658 valence electrons. The molecule has 0 aliphatic carbocycles. The van der Waals surface area contributed by atoms with Crippen molar-refractivity contribution >= 4 is 29.5 Å². The van der Waals surface area contributed by atoms with Gasteiger partial charge in [-0.3, -0.25) is 24.0 Å². The Hall–Kier alpha value is -4.25. The normalized spacial score (nSPS) is 48.2. The Balaban J connectivity index is 1.08. The SMILES string of the molecule is CC(=O)N[C@@H]1[C@@H](O)[C@H](O[C@@H]2O[C@H](CO)[C@@H](O[C@@H]3O[C@H](CO[C@H]4O[C@H](CO[C@@H]5O[C@H](CO)[C@@H](O)[C@H](O)[C@H]5NC(C)=O)[C@@H](O)[C@H](O)[C@@H]4O[C@@H]4O[C@H](CO)[C@@H](O)[C@H](O)[C@H]4NC(C)=O)[C@@H](O)[C@H](O[C@H]4O[C@H](CO)[C@@H](O)[C@H](O)[C@@H]4O[C@@H]4O[C@H](CO)[C@@H](O)[C@H](O)[C@H]4NC(C)=O)[C@@H]3O)[C@H](O)[C@H]2NC(C)=O)[C@@H](CO[C@H]2O[C@H](C)[C@H](O)[C@H](O)[C@H]2O)O[C@H]1O. The molecule has 114 heavy (non-hydrogen) atoms. The molecule has 0 aromatic heterocycles. The summed E-state index contributed by atoms with van der Waals surface area (Å²) in [5.74, 6) is -4.37. The van der Waals surface area contributed by atoms with Crippen LogP contribution in [0.2, 0.25) is 0 Å². The first-order valence-electron chi connectivity index (χ1n) is 36.5. The van der Waals surface area contributed by atoms with Gasteiger partial charge in [-0.05, 0) is 6.92 Å². The van der Waals surface area contributed by atoms with Crippen molar-refractivity contribution in [2.24, 2.45) is 0 Å². The average Bonchev–Trinajstić information content (AvgIpc) is 0.768. The topological polar surface area (TPSA) is 768 Å². The van der Waals surface area contributed by atoms with E-state index in [0.29, 0.717) is 0 Å². The van der Waals surface area contributed by atoms with E-state index in [0.717, 1.165) is 34.6 Å². The van der Waals surface area contributed by atoms with Crippen LogP contribution >= 0.6 is 0 Å². The fourth-order valence-electron chi connectivity index (χ4n) is 14.6. The number of carbonyl (C=O) groups excluding carboxylic acids is 5. The zero-order chi connectivity index (χ0) is 84.1. The second-order valence-corrected chi connectivity index (χ2v) is 29.0. The highest BCUT2D eigenvalue weighted by atomic mass is 16.8. The number of carbonyl (C=O) groups is 5. The molecule has 9 rings (SSSR count). The Bertz CT molecular complexity index is 3080. The van der Waals surface area contributed by atoms with Crippen LogP contribution in [0.15, 0.2) is 0 Å². The number of aliphatic hydroxyl groups is 23. The van der Waals surface area contributed by atoms with E-state index in [-0.39, 0.29) is 0 Å². The lowest BCUT2D eigenvalue weighted by molar-refractivity contribution is -0.396. The minimum Gasteiger partial charge on any atom is -0.394 e. The number of aliphatic hydroxyl groups excluding tert-OH is 23. The van der Waals surface area contributed by atoms with Gasteiger partial charge in [0.2, 0.25) is 29.5 Å². The van der Waals surface area contributed by atoms with E-state index >= 15 is 0 Å². The molecule has 0 aromatic rings. The third-order valence-electron chi connectivity index (χ3n) is 20.7. The number of hydrogen-bond acceptors (Lipinski definition) is 45. The highest BCUT2D eigenvalue weighted by molar-refractivity contribution is 5.75. The van der Waals surface area contributed by atoms with Gasteiger partial charge in [-0.2, -0.15) is 0 Å². The van der Waals surface area contributed by atoms with Crippen molar-refractivity contribution < 1.29 is 222 Å². The molecular weight excluding hydrogens is 1560 g/mol. The van der Waals surface area contributed by atoms with Crippen molar-refractivity contribution in [3.8, 4) is 0 Å². The molecule has 0 spiro atoms. The smallest absolute Gasteiger partial charge is 0.217 e. The van der Waals surface area contributed by atoms with E-state index in [4.69, 9.17) is 80.5 Å². The standard InChI is InChI=1S/C64H107N5O45/c1-15-34(80)46(92)49(95)61(101-15)99-14-28-52(44(90)29(56(97)102-28)65-16(2)75)110-60-33(69-20(6)79)45(91)51(25(11-74)107-60)111-62-50(96)53(112-64-55(47(93)38(84)24(10-73)106-64)114-59-32(68-19(5)78)43(89)37(83)23(9-72)105-59)40(86)27(108-62)13-100-63-54(113-58-31(67-18(4)77)42(88)36(82)22(8-71)104-58)48(94)39(85)26(109-63)12-98-57-30(66-17(3)76)41(87)35(81)21(7-70)103-57/h15,21-64,70-74,80-97H,7-14H2,1-6H3,(H,65,75)(H,66,76)(H,67,77)(H,68,78)(H,69,79)/t15-,21-,22-,23-,24-,25-,26-,27-,28-,29-,30-,31-,32-,33-,34+,35-,36-,37-,38-,39-,40-,41-,42-,43-,44-,45-,46+,47+,48+,49-,50+,51-,52-,53+,54+,55+,56-,57-,58+,59+,60+,61+,62+,63+,64-/m1/s1. The summed E-state index contributed by atoms with van der Waals surface area (Å²) in [5, 5.41) is 270. The van der Waals surface area contributed by atoms with Crippen LogP contribution in [0.3, 0.4) is 0 Å². The van der Waals surface area contributed by atoms with E-state index < -0.39 is 358 Å². The molecule has 45 atom stereocenters. The van der Waals surface area contributed by atoms with Crippen LogP contribution in [0.4, 0.5) is 0 Å². The maximum atomic E-state index is 13.2. The molecule has 0 saturated carbocycles. The molecule has 9 aliphatic rings. The Morgan fingerprint density at radius 3 is 1.02 bits per heavy atom. The summed E-state index contributed by atoms with van der Waals surface area (Å²) >= 11 is 0. The van der Waals surface area contributed by atoms with E-state index in [9.17, 15) is 141 Å². The van der Waals surface area contributed by atoms with Crippen LogP contribution in [0, 0.1) is 0 Å². The first-order chi connectivity index (χ1) is 53.8. The lowest BCUT2D eigenvalue weighted by Crippen LogP contribution is -2.71. The molecule has 0 unspecified atom stereocenters. The van der Waals surface area contributed by atoms with Gasteiger partial charge in [0.25, 0.3) is 0 Å². The van der Waals surface area contributed by atoms with Crippen LogP contribution in [-0.4, -0.2) is 476 Å². The van der Waals surface area contributed by atoms with Crippen molar-refractivity contribution in [1.82, 2.24) is 26.6 Å². The Morgan fingerprint density at radius 1 is 0.246 bits per heavy atom. The molecule has 9 fully saturated rings. The average molecular weight is 1670 g/mol. The predicted octanol–water partition coefficient (Wildman–Crippen LogP) is -18.9. The van der Waals surface area contributed by atoms with Crippen LogP contribution < -0.4 is 26.6 Å². The van der Waals surface area contributed by atoms with Gasteiger partial charge in [0.05, 0.1) is 59.0 Å². The predicted molar refractivity (Wildman–Crippen MR) is 354 cm³/mol. The van der Waals surface area contributed by atoms with Crippen LogP contribution in [0.25, 0.3) is 0 Å². The monoisotopic (exact) mass is 1670 g/mol. The van der Waals surface area contributed by atoms with Crippen molar-refractivity contribution in [2.75, 3.05) is 52.9 Å². The second kappa shape index (κ2) is 40.9. The largest absolute Gasteiger partial charge is 0.394 e. The summed E-state index contributed by atoms with van der Waals surface area (Å²) in [7, 11) is 0. The van der Waals surface area contributed by atoms with Crippen LogP contribution in [-0.2, 0) is 104 Å². The maximum Gasteiger partial charge on any atom is 0.217 e. The summed E-state index contributed by atoms with van der Waals surface area (Å²) in [5.41, 5.74) is 0. The molecule has 0 radical (unpaired) electrons. The van der Waals surface area contributed by atoms with Gasteiger partial charge < -0.3 is 225 Å². The number of hydrogen-bond donors (Lipinski definition) is 28. The molecule has 9 aliphatic heterocycles. The first-order valence-corrected chi connectivity index (χ1v) is 36.5. The molecule has 0 aromatic carbocycles. The van der Waals surface area contributed by atoms with Crippen molar-refractivity contribution in [2.45, 2.75) is 318 Å². The Labute approximate surface area is 646 Å². The van der Waals surface area contributed by atoms with Gasteiger partial charge in [0, 0.05) is 34.6 Å². The molecule has 50 heteroatoms. The van der Waals surface area contributed by atoms with Gasteiger partial charge >= 0.3 is 0 Å². The summed E-state index contributed by atoms with van der Waals surface area (Å²) in [4.78, 5) is 63.2. The number of ether oxygens (including phenoxy) is 17. The zero-order valence-corrected chi connectivity index (χ0v) is 61.9. The van der Waals surface area contributed by atoms with Crippen molar-refractivity contribution in [3.05, 3.63) is 0 Å². The lowest BCUT2D eigenvalue weighted by atomic mass is 9.93. The molecule has 28 N–H and O–H groups in total. The third kappa shape index (κ3) is 21.2. The molecule has 5 amide bonds. The van der Waals surface area contributed by atoms with Gasteiger partial charge in [-0.1, -0.05) is 0 Å². The fourth-order valence-corrected chi connectivity index (χ4v) is 14.6. The molecular formula is C64H107N5O45. The quantitative estimate of drug-likeness (QED) is 0.0331. The zero-order valence-electron chi connectivity index (χ0n) is 61.9. The fraction of sp³-hybridized carbons (Fsp3) is 0.922. The van der Waals surface area contributed by atoms with Crippen LogP contribution in [0.1, 0.15) is 41.5 Å². The summed E-state index contributed by atoms with van der Waals surface area (Å²) < 4.78 is 102. The van der Waals surface area contributed by atoms with Gasteiger partial charge in [-0.15, -0.1) is 0 Å². The molecule has 50 nitrogen and oxygen atoms in total. The minimum absolute atomic E-state index is 0.797. The van der Waals surface area contributed by atoms with E-state index in [1.165, 1.54) is 6.92 Å². The summed E-state index contributed by atoms with van der Waals surface area (Å²) in [6, 6.07) is -8.98. The van der Waals surface area contributed by atoms with E-state index in [2.05, 4.69) is 26.6 Å². The maximum absolute atomic E-state index is 13.2. The van der Waals surface area contributed by atoms with Gasteiger partial charge in [-0.25, -0.2) is 0 Å². The van der Waals surface area contributed by atoms with Crippen molar-refractivity contribution in [1.29, 1.82) is 0 Å². The van der Waals surface area contributed by atoms with Crippen LogP contribution in [0.5, 0.6) is 0 Å². The Kier molecular flexibility index (Phi) is 33.6. The third-order valence-corrected chi connectivity index (χ3v) is 20.7. The van der Waals surface area contributed by atoms with Crippen molar-refractivity contribution in [3.63, 3.8) is 0 Å². The molecule has 9 saturated heterocycles. The van der Waals surface area contributed by atoms with Gasteiger partial charge in [0.1, 0.15) is 213 Å². The number of nitrogens with one attached hydrogen (secondary N) is 5. The second-order valence-electron chi connectivity index (χ2n) is 29.0. The van der Waals surface area contributed by atoms with Gasteiger partial charge in [0.15, 0.2) is 56.6 Å². The number of rotatable bonds is 29. The summed E-state index contributed by atoms with van der Waals surface area (Å²) in [6.45, 7) is -2.21. The lowest BCUT2D eigenvalue weighted by Gasteiger charge is -2.51. The number of amides is 5.